The first-order valence-electron chi connectivity index (χ1n) is 6.91. The van der Waals surface area contributed by atoms with Crippen LogP contribution in [0.5, 0.6) is 0 Å². The Balaban J connectivity index is 2.30. The first-order valence-corrected chi connectivity index (χ1v) is 6.91. The smallest absolute Gasteiger partial charge is 0.251 e. The molecule has 1 aliphatic rings. The minimum atomic E-state index is -0.279. The van der Waals surface area contributed by atoms with E-state index in [1.807, 2.05) is 11.8 Å². The van der Waals surface area contributed by atoms with Crippen LogP contribution in [-0.2, 0) is 9.53 Å². The first-order chi connectivity index (χ1) is 8.00. The second-order valence-electron chi connectivity index (χ2n) is 5.73. The van der Waals surface area contributed by atoms with Gasteiger partial charge in [-0.2, -0.15) is 0 Å². The van der Waals surface area contributed by atoms with Gasteiger partial charge in [-0.05, 0) is 38.0 Å². The minimum Gasteiger partial charge on any atom is -0.369 e. The number of likely N-dealkylation sites (tertiary alicyclic amines) is 1. The SMILES string of the molecule is CC(C)CCO[C@@H](C)C(=O)N1CCC[C@H](C)C1. The van der Waals surface area contributed by atoms with E-state index in [9.17, 15) is 4.79 Å². The fraction of sp³-hybridized carbons (Fsp3) is 0.929. The van der Waals surface area contributed by atoms with Crippen molar-refractivity contribution in [2.45, 2.75) is 53.1 Å². The third-order valence-electron chi connectivity index (χ3n) is 3.38. The van der Waals surface area contributed by atoms with Gasteiger partial charge in [0, 0.05) is 19.7 Å². The predicted molar refractivity (Wildman–Crippen MR) is 69.8 cm³/mol. The van der Waals surface area contributed by atoms with Gasteiger partial charge in [0.05, 0.1) is 0 Å². The maximum Gasteiger partial charge on any atom is 0.251 e. The quantitative estimate of drug-likeness (QED) is 0.740. The number of hydrogen-bond donors (Lipinski definition) is 0. The molecule has 17 heavy (non-hydrogen) atoms. The summed E-state index contributed by atoms with van der Waals surface area (Å²) in [5, 5.41) is 0. The van der Waals surface area contributed by atoms with Crippen molar-refractivity contribution in [3.05, 3.63) is 0 Å². The Morgan fingerprint density at radius 3 is 2.71 bits per heavy atom. The average molecular weight is 241 g/mol. The van der Waals surface area contributed by atoms with Crippen molar-refractivity contribution in [2.75, 3.05) is 19.7 Å². The molecule has 0 spiro atoms. The van der Waals surface area contributed by atoms with Crippen LogP contribution in [0.4, 0.5) is 0 Å². The maximum absolute atomic E-state index is 12.1. The summed E-state index contributed by atoms with van der Waals surface area (Å²) in [6.45, 7) is 10.9. The summed E-state index contributed by atoms with van der Waals surface area (Å²) in [6, 6.07) is 0. The molecule has 0 unspecified atom stereocenters. The fourth-order valence-corrected chi connectivity index (χ4v) is 2.20. The molecule has 0 aromatic carbocycles. The van der Waals surface area contributed by atoms with Crippen LogP contribution in [0.2, 0.25) is 0 Å². The Hall–Kier alpha value is -0.570. The molecule has 3 heteroatoms. The van der Waals surface area contributed by atoms with E-state index >= 15 is 0 Å². The Kier molecular flexibility index (Phi) is 5.96. The zero-order chi connectivity index (χ0) is 12.8. The number of rotatable bonds is 5. The number of nitrogens with zero attached hydrogens (tertiary/aromatic N) is 1. The van der Waals surface area contributed by atoms with Crippen LogP contribution in [0.25, 0.3) is 0 Å². The molecule has 0 aromatic rings. The molecule has 3 nitrogen and oxygen atoms in total. The van der Waals surface area contributed by atoms with Crippen LogP contribution in [0.3, 0.4) is 0 Å². The van der Waals surface area contributed by atoms with Crippen molar-refractivity contribution >= 4 is 5.91 Å². The van der Waals surface area contributed by atoms with Crippen molar-refractivity contribution in [1.82, 2.24) is 4.90 Å². The summed E-state index contributed by atoms with van der Waals surface area (Å²) in [6.07, 6.45) is 3.12. The Bertz CT molecular complexity index is 240. The summed E-state index contributed by atoms with van der Waals surface area (Å²) >= 11 is 0. The van der Waals surface area contributed by atoms with E-state index in [-0.39, 0.29) is 12.0 Å². The number of carbonyl (C=O) groups excluding carboxylic acids is 1. The summed E-state index contributed by atoms with van der Waals surface area (Å²) in [4.78, 5) is 14.1. The molecular formula is C14H27NO2. The molecule has 1 aliphatic heterocycles. The number of amides is 1. The van der Waals surface area contributed by atoms with Gasteiger partial charge in [0.15, 0.2) is 0 Å². The fourth-order valence-electron chi connectivity index (χ4n) is 2.20. The van der Waals surface area contributed by atoms with E-state index in [1.54, 1.807) is 0 Å². The van der Waals surface area contributed by atoms with Gasteiger partial charge < -0.3 is 9.64 Å². The highest BCUT2D eigenvalue weighted by atomic mass is 16.5. The highest BCUT2D eigenvalue weighted by Crippen LogP contribution is 2.16. The molecule has 2 atom stereocenters. The van der Waals surface area contributed by atoms with Crippen molar-refractivity contribution in [3.63, 3.8) is 0 Å². The lowest BCUT2D eigenvalue weighted by molar-refractivity contribution is -0.144. The molecule has 0 bridgehead atoms. The number of piperidine rings is 1. The van der Waals surface area contributed by atoms with Gasteiger partial charge in [-0.25, -0.2) is 0 Å². The van der Waals surface area contributed by atoms with Crippen molar-refractivity contribution in [2.24, 2.45) is 11.8 Å². The molecule has 100 valence electrons. The first kappa shape index (κ1) is 14.5. The van der Waals surface area contributed by atoms with Gasteiger partial charge in [0.25, 0.3) is 5.91 Å². The molecule has 1 rings (SSSR count). The lowest BCUT2D eigenvalue weighted by atomic mass is 10.00. The van der Waals surface area contributed by atoms with E-state index in [0.29, 0.717) is 18.4 Å². The van der Waals surface area contributed by atoms with Gasteiger partial charge >= 0.3 is 0 Å². The third-order valence-corrected chi connectivity index (χ3v) is 3.38. The average Bonchev–Trinajstić information content (AvgIpc) is 2.27. The van der Waals surface area contributed by atoms with Crippen LogP contribution in [-0.4, -0.2) is 36.6 Å². The summed E-state index contributed by atoms with van der Waals surface area (Å²) < 4.78 is 5.61. The number of hydrogen-bond acceptors (Lipinski definition) is 2. The maximum atomic E-state index is 12.1. The number of carbonyl (C=O) groups is 1. The molecule has 0 aromatic heterocycles. The van der Waals surface area contributed by atoms with E-state index in [0.717, 1.165) is 25.9 Å². The second-order valence-corrected chi connectivity index (χ2v) is 5.73. The zero-order valence-corrected chi connectivity index (χ0v) is 11.7. The predicted octanol–water partition coefficient (Wildman–Crippen LogP) is 2.70. The number of ether oxygens (including phenoxy) is 1. The molecule has 0 N–H and O–H groups in total. The summed E-state index contributed by atoms with van der Waals surface area (Å²) in [5.74, 6) is 1.43. The van der Waals surface area contributed by atoms with E-state index in [2.05, 4.69) is 20.8 Å². The zero-order valence-electron chi connectivity index (χ0n) is 11.7. The van der Waals surface area contributed by atoms with Gasteiger partial charge in [-0.3, -0.25) is 4.79 Å². The van der Waals surface area contributed by atoms with Gasteiger partial charge in [0.1, 0.15) is 6.10 Å². The second kappa shape index (κ2) is 7.00. The molecule has 1 amide bonds. The molecule has 1 heterocycles. The molecule has 0 aliphatic carbocycles. The Morgan fingerprint density at radius 1 is 1.41 bits per heavy atom. The largest absolute Gasteiger partial charge is 0.369 e. The lowest BCUT2D eigenvalue weighted by Crippen LogP contribution is -2.44. The normalized spacial score (nSPS) is 22.9. The van der Waals surface area contributed by atoms with Crippen LogP contribution >= 0.6 is 0 Å². The van der Waals surface area contributed by atoms with Crippen LogP contribution < -0.4 is 0 Å². The van der Waals surface area contributed by atoms with Crippen LogP contribution in [0.15, 0.2) is 0 Å². The van der Waals surface area contributed by atoms with Crippen molar-refractivity contribution in [1.29, 1.82) is 0 Å². The highest BCUT2D eigenvalue weighted by molar-refractivity contribution is 5.80. The summed E-state index contributed by atoms with van der Waals surface area (Å²) in [5.41, 5.74) is 0. The van der Waals surface area contributed by atoms with E-state index in [1.165, 1.54) is 6.42 Å². The van der Waals surface area contributed by atoms with Gasteiger partial charge in [0.2, 0.25) is 0 Å². The van der Waals surface area contributed by atoms with E-state index in [4.69, 9.17) is 4.74 Å². The Morgan fingerprint density at radius 2 is 2.12 bits per heavy atom. The monoisotopic (exact) mass is 241 g/mol. The Labute approximate surface area is 106 Å². The molecular weight excluding hydrogens is 214 g/mol. The van der Waals surface area contributed by atoms with Crippen molar-refractivity contribution < 1.29 is 9.53 Å². The lowest BCUT2D eigenvalue weighted by Gasteiger charge is -2.32. The molecule has 0 radical (unpaired) electrons. The van der Waals surface area contributed by atoms with E-state index < -0.39 is 0 Å². The third kappa shape index (κ3) is 5.07. The van der Waals surface area contributed by atoms with Crippen LogP contribution in [0, 0.1) is 11.8 Å². The molecule has 1 saturated heterocycles. The standard InChI is InChI=1S/C14H27NO2/c1-11(2)7-9-17-13(4)14(16)15-8-5-6-12(3)10-15/h11-13H,5-10H2,1-4H3/t12-,13-/m0/s1. The highest BCUT2D eigenvalue weighted by Gasteiger charge is 2.25. The van der Waals surface area contributed by atoms with Crippen molar-refractivity contribution in [3.8, 4) is 0 Å². The summed E-state index contributed by atoms with van der Waals surface area (Å²) in [7, 11) is 0. The topological polar surface area (TPSA) is 29.5 Å². The molecule has 1 fully saturated rings. The molecule has 0 saturated carbocycles. The minimum absolute atomic E-state index is 0.167. The van der Waals surface area contributed by atoms with Gasteiger partial charge in [-0.15, -0.1) is 0 Å². The van der Waals surface area contributed by atoms with Gasteiger partial charge in [-0.1, -0.05) is 20.8 Å². The van der Waals surface area contributed by atoms with Crippen LogP contribution in [0.1, 0.15) is 47.0 Å².